The summed E-state index contributed by atoms with van der Waals surface area (Å²) in [6, 6.07) is 6.77. The van der Waals surface area contributed by atoms with Crippen LogP contribution in [0.5, 0.6) is 0 Å². The van der Waals surface area contributed by atoms with Gasteiger partial charge in [-0.3, -0.25) is 0 Å². The summed E-state index contributed by atoms with van der Waals surface area (Å²) < 4.78 is 13.8. The van der Waals surface area contributed by atoms with Gasteiger partial charge in [-0.1, -0.05) is 32.0 Å². The van der Waals surface area contributed by atoms with Crippen molar-refractivity contribution in [3.63, 3.8) is 0 Å². The van der Waals surface area contributed by atoms with Crippen molar-refractivity contribution in [2.45, 2.75) is 32.2 Å². The SMILES string of the molecule is CCNC(CC)(CCO)c1ccccc1F. The maximum absolute atomic E-state index is 13.8. The van der Waals surface area contributed by atoms with Gasteiger partial charge in [-0.2, -0.15) is 0 Å². The van der Waals surface area contributed by atoms with Gasteiger partial charge >= 0.3 is 0 Å². The second-order valence-corrected chi connectivity index (χ2v) is 3.92. The zero-order valence-electron chi connectivity index (χ0n) is 9.96. The normalized spacial score (nSPS) is 14.8. The predicted octanol–water partition coefficient (Wildman–Crippen LogP) is 2.42. The average Bonchev–Trinajstić information content (AvgIpc) is 2.29. The van der Waals surface area contributed by atoms with Gasteiger partial charge in [0.05, 0.1) is 0 Å². The van der Waals surface area contributed by atoms with Crippen LogP contribution < -0.4 is 5.32 Å². The highest BCUT2D eigenvalue weighted by molar-refractivity contribution is 5.26. The minimum Gasteiger partial charge on any atom is -0.396 e. The molecule has 90 valence electrons. The second kappa shape index (κ2) is 5.97. The number of benzene rings is 1. The summed E-state index contributed by atoms with van der Waals surface area (Å²) in [7, 11) is 0. The Bertz CT molecular complexity index is 321. The summed E-state index contributed by atoms with van der Waals surface area (Å²) in [6.07, 6.45) is 1.28. The highest BCUT2D eigenvalue weighted by atomic mass is 19.1. The third kappa shape index (κ3) is 2.60. The maximum atomic E-state index is 13.8. The van der Waals surface area contributed by atoms with Crippen LogP contribution >= 0.6 is 0 Å². The Morgan fingerprint density at radius 1 is 1.31 bits per heavy atom. The highest BCUT2D eigenvalue weighted by Crippen LogP contribution is 2.30. The van der Waals surface area contributed by atoms with Crippen molar-refractivity contribution in [1.82, 2.24) is 5.32 Å². The fourth-order valence-electron chi connectivity index (χ4n) is 2.19. The van der Waals surface area contributed by atoms with Crippen LogP contribution in [-0.4, -0.2) is 18.3 Å². The van der Waals surface area contributed by atoms with Crippen molar-refractivity contribution in [2.24, 2.45) is 0 Å². The van der Waals surface area contributed by atoms with E-state index in [1.807, 2.05) is 19.9 Å². The van der Waals surface area contributed by atoms with Gasteiger partial charge < -0.3 is 10.4 Å². The van der Waals surface area contributed by atoms with Crippen LogP contribution in [0.15, 0.2) is 24.3 Å². The zero-order chi connectivity index (χ0) is 12.0. The molecule has 2 N–H and O–H groups in total. The summed E-state index contributed by atoms with van der Waals surface area (Å²) in [6.45, 7) is 4.80. The molecule has 0 aromatic heterocycles. The number of hydrogen-bond acceptors (Lipinski definition) is 2. The number of halogens is 1. The minimum absolute atomic E-state index is 0.0508. The molecule has 16 heavy (non-hydrogen) atoms. The molecular formula is C13H20FNO. The zero-order valence-corrected chi connectivity index (χ0v) is 9.96. The molecule has 0 aliphatic heterocycles. The summed E-state index contributed by atoms with van der Waals surface area (Å²) >= 11 is 0. The lowest BCUT2D eigenvalue weighted by molar-refractivity contribution is 0.202. The molecule has 0 spiro atoms. The molecule has 2 nitrogen and oxygen atoms in total. The highest BCUT2D eigenvalue weighted by Gasteiger charge is 2.30. The van der Waals surface area contributed by atoms with Crippen LogP contribution in [0, 0.1) is 5.82 Å². The van der Waals surface area contributed by atoms with Crippen LogP contribution in [-0.2, 0) is 5.54 Å². The Morgan fingerprint density at radius 3 is 2.50 bits per heavy atom. The third-order valence-electron chi connectivity index (χ3n) is 3.05. The van der Waals surface area contributed by atoms with Crippen LogP contribution in [0.25, 0.3) is 0 Å². The lowest BCUT2D eigenvalue weighted by Crippen LogP contribution is -2.43. The van der Waals surface area contributed by atoms with Gasteiger partial charge in [0.2, 0.25) is 0 Å². The Hall–Kier alpha value is -0.930. The van der Waals surface area contributed by atoms with E-state index < -0.39 is 5.54 Å². The van der Waals surface area contributed by atoms with Gasteiger partial charge in [-0.25, -0.2) is 4.39 Å². The Balaban J connectivity index is 3.13. The topological polar surface area (TPSA) is 32.3 Å². The summed E-state index contributed by atoms with van der Waals surface area (Å²) in [5, 5.41) is 12.5. The van der Waals surface area contributed by atoms with E-state index in [-0.39, 0.29) is 12.4 Å². The monoisotopic (exact) mass is 225 g/mol. The van der Waals surface area contributed by atoms with Gasteiger partial charge in [0.25, 0.3) is 0 Å². The molecule has 0 amide bonds. The van der Waals surface area contributed by atoms with E-state index in [1.165, 1.54) is 6.07 Å². The molecule has 0 fully saturated rings. The van der Waals surface area contributed by atoms with E-state index in [4.69, 9.17) is 5.11 Å². The van der Waals surface area contributed by atoms with Crippen molar-refractivity contribution in [1.29, 1.82) is 0 Å². The minimum atomic E-state index is -0.450. The van der Waals surface area contributed by atoms with E-state index in [2.05, 4.69) is 5.32 Å². The van der Waals surface area contributed by atoms with Crippen LogP contribution in [0.1, 0.15) is 32.3 Å². The number of rotatable bonds is 6. The molecule has 1 unspecified atom stereocenters. The first kappa shape index (κ1) is 13.1. The molecule has 1 aromatic rings. The maximum Gasteiger partial charge on any atom is 0.128 e. The second-order valence-electron chi connectivity index (χ2n) is 3.92. The quantitative estimate of drug-likeness (QED) is 0.779. The molecule has 0 aliphatic rings. The molecule has 0 saturated heterocycles. The molecular weight excluding hydrogens is 205 g/mol. The Kier molecular flexibility index (Phi) is 4.90. The fraction of sp³-hybridized carbons (Fsp3) is 0.538. The first-order chi connectivity index (χ1) is 7.70. The largest absolute Gasteiger partial charge is 0.396 e. The van der Waals surface area contributed by atoms with Crippen molar-refractivity contribution in [3.8, 4) is 0 Å². The smallest absolute Gasteiger partial charge is 0.128 e. The predicted molar refractivity (Wildman–Crippen MR) is 63.7 cm³/mol. The van der Waals surface area contributed by atoms with Crippen LogP contribution in [0.4, 0.5) is 4.39 Å². The van der Waals surface area contributed by atoms with Crippen molar-refractivity contribution < 1.29 is 9.50 Å². The van der Waals surface area contributed by atoms with E-state index in [1.54, 1.807) is 12.1 Å². The molecule has 1 aromatic carbocycles. The van der Waals surface area contributed by atoms with Gasteiger partial charge in [0, 0.05) is 17.7 Å². The molecule has 1 rings (SSSR count). The lowest BCUT2D eigenvalue weighted by atomic mass is 9.84. The van der Waals surface area contributed by atoms with Gasteiger partial charge in [-0.05, 0) is 25.5 Å². The van der Waals surface area contributed by atoms with E-state index in [0.717, 1.165) is 13.0 Å². The molecule has 0 bridgehead atoms. The van der Waals surface area contributed by atoms with Crippen LogP contribution in [0.2, 0.25) is 0 Å². The van der Waals surface area contributed by atoms with Crippen molar-refractivity contribution >= 4 is 0 Å². The molecule has 3 heteroatoms. The Labute approximate surface area is 96.5 Å². The average molecular weight is 225 g/mol. The number of hydrogen-bond donors (Lipinski definition) is 2. The summed E-state index contributed by atoms with van der Waals surface area (Å²) in [5.74, 6) is -0.209. The lowest BCUT2D eigenvalue weighted by Gasteiger charge is -2.34. The molecule has 0 heterocycles. The standard InChI is InChI=1S/C13H20FNO/c1-3-13(9-10-16,15-4-2)11-7-5-6-8-12(11)14/h5-8,15-16H,3-4,9-10H2,1-2H3. The number of aliphatic hydroxyl groups is 1. The first-order valence-corrected chi connectivity index (χ1v) is 5.81. The van der Waals surface area contributed by atoms with E-state index in [0.29, 0.717) is 12.0 Å². The van der Waals surface area contributed by atoms with Crippen molar-refractivity contribution in [2.75, 3.05) is 13.2 Å². The molecule has 0 radical (unpaired) electrons. The third-order valence-corrected chi connectivity index (χ3v) is 3.05. The van der Waals surface area contributed by atoms with E-state index >= 15 is 0 Å². The molecule has 0 aliphatic carbocycles. The van der Waals surface area contributed by atoms with Gasteiger partial charge in [0.1, 0.15) is 5.82 Å². The van der Waals surface area contributed by atoms with Crippen molar-refractivity contribution in [3.05, 3.63) is 35.6 Å². The fourth-order valence-corrected chi connectivity index (χ4v) is 2.19. The first-order valence-electron chi connectivity index (χ1n) is 5.81. The van der Waals surface area contributed by atoms with Crippen LogP contribution in [0.3, 0.4) is 0 Å². The molecule has 1 atom stereocenters. The molecule has 0 saturated carbocycles. The van der Waals surface area contributed by atoms with E-state index in [9.17, 15) is 4.39 Å². The summed E-state index contributed by atoms with van der Waals surface area (Å²) in [4.78, 5) is 0. The number of nitrogens with one attached hydrogen (secondary N) is 1. The number of aliphatic hydroxyl groups excluding tert-OH is 1. The Morgan fingerprint density at radius 2 is 2.00 bits per heavy atom. The van der Waals surface area contributed by atoms with Gasteiger partial charge in [0.15, 0.2) is 0 Å². The summed E-state index contributed by atoms with van der Waals surface area (Å²) in [5.41, 5.74) is 0.197. The van der Waals surface area contributed by atoms with Gasteiger partial charge in [-0.15, -0.1) is 0 Å².